The molecule has 0 spiro atoms. The summed E-state index contributed by atoms with van der Waals surface area (Å²) in [5.74, 6) is 4.58. The predicted octanol–water partition coefficient (Wildman–Crippen LogP) is 2.73. The number of aliphatic imine (C=N–C) groups is 1. The molecule has 1 unspecified atom stereocenters. The number of rotatable bonds is 5. The Labute approximate surface area is 176 Å². The van der Waals surface area contributed by atoms with Gasteiger partial charge in [-0.15, -0.1) is 0 Å². The molecule has 0 aromatic rings. The van der Waals surface area contributed by atoms with Gasteiger partial charge in [-0.25, -0.2) is 0 Å². The molecule has 28 heavy (non-hydrogen) atoms. The molecule has 1 aliphatic carbocycles. The van der Waals surface area contributed by atoms with Crippen LogP contribution in [0.3, 0.4) is 0 Å². The predicted molar refractivity (Wildman–Crippen MR) is 121 cm³/mol. The van der Waals surface area contributed by atoms with Gasteiger partial charge in [0.25, 0.3) is 0 Å². The van der Waals surface area contributed by atoms with Crippen molar-refractivity contribution in [3.05, 3.63) is 0 Å². The van der Waals surface area contributed by atoms with E-state index in [-0.39, 0.29) is 0 Å². The molecule has 0 amide bonds. The minimum absolute atomic E-state index is 0.365. The maximum atomic E-state index is 4.69. The van der Waals surface area contributed by atoms with Crippen LogP contribution in [0.4, 0.5) is 0 Å². The lowest BCUT2D eigenvalue weighted by atomic mass is 9.80. The minimum Gasteiger partial charge on any atom is -0.354 e. The van der Waals surface area contributed by atoms with Gasteiger partial charge in [0.15, 0.2) is 5.96 Å². The first-order valence-corrected chi connectivity index (χ1v) is 13.0. The monoisotopic (exact) mass is 407 g/mol. The Hall–Kier alpha value is -0.460. The van der Waals surface area contributed by atoms with Crippen molar-refractivity contribution in [3.8, 4) is 0 Å². The summed E-state index contributed by atoms with van der Waals surface area (Å²) < 4.78 is 0. The van der Waals surface area contributed by atoms with E-state index >= 15 is 0 Å². The Morgan fingerprint density at radius 2 is 1.75 bits per heavy atom. The van der Waals surface area contributed by atoms with Gasteiger partial charge in [-0.2, -0.15) is 11.8 Å². The summed E-state index contributed by atoms with van der Waals surface area (Å²) in [4.78, 5) is 12.7. The van der Waals surface area contributed by atoms with E-state index in [1.807, 2.05) is 7.05 Å². The normalized spacial score (nSPS) is 30.1. The largest absolute Gasteiger partial charge is 0.354 e. The Balaban J connectivity index is 1.32. The highest BCUT2D eigenvalue weighted by atomic mass is 32.2. The lowest BCUT2D eigenvalue weighted by Crippen LogP contribution is -2.60. The van der Waals surface area contributed by atoms with E-state index in [2.05, 4.69) is 31.8 Å². The lowest BCUT2D eigenvalue weighted by Gasteiger charge is -2.48. The minimum atomic E-state index is 0.365. The highest BCUT2D eigenvalue weighted by Crippen LogP contribution is 2.35. The fraction of sp³-hybridized carbons (Fsp3) is 0.955. The zero-order chi connectivity index (χ0) is 19.2. The van der Waals surface area contributed by atoms with Gasteiger partial charge in [-0.05, 0) is 51.1 Å². The lowest BCUT2D eigenvalue weighted by molar-refractivity contribution is 0.0621. The quantitative estimate of drug-likeness (QED) is 0.560. The van der Waals surface area contributed by atoms with Crippen molar-refractivity contribution in [2.24, 2.45) is 10.9 Å². The third kappa shape index (κ3) is 4.99. The summed E-state index contributed by atoms with van der Waals surface area (Å²) in [6, 6.07) is 0. The maximum absolute atomic E-state index is 4.69. The molecule has 5 nitrogen and oxygen atoms in total. The van der Waals surface area contributed by atoms with Crippen LogP contribution in [0, 0.1) is 5.92 Å². The Morgan fingerprint density at radius 3 is 2.46 bits per heavy atom. The summed E-state index contributed by atoms with van der Waals surface area (Å²) in [6.45, 7) is 9.91. The third-order valence-electron chi connectivity index (χ3n) is 7.55. The zero-order valence-electron chi connectivity index (χ0n) is 18.0. The highest BCUT2D eigenvalue weighted by Gasteiger charge is 2.39. The smallest absolute Gasteiger partial charge is 0.193 e. The summed E-state index contributed by atoms with van der Waals surface area (Å²) in [6.07, 6.45) is 11.1. The van der Waals surface area contributed by atoms with Gasteiger partial charge < -0.3 is 15.1 Å². The van der Waals surface area contributed by atoms with Gasteiger partial charge in [0, 0.05) is 63.4 Å². The molecule has 1 atom stereocenters. The van der Waals surface area contributed by atoms with E-state index in [0.717, 1.165) is 18.4 Å². The molecule has 0 radical (unpaired) electrons. The van der Waals surface area contributed by atoms with Gasteiger partial charge in [0.1, 0.15) is 0 Å². The molecule has 3 aliphatic heterocycles. The average Bonchev–Trinajstić information content (AvgIpc) is 3.43. The molecule has 160 valence electrons. The molecular weight excluding hydrogens is 366 g/mol. The van der Waals surface area contributed by atoms with Crippen LogP contribution < -0.4 is 5.32 Å². The second-order valence-electron chi connectivity index (χ2n) is 9.39. The zero-order valence-corrected chi connectivity index (χ0v) is 18.8. The van der Waals surface area contributed by atoms with Crippen molar-refractivity contribution in [1.29, 1.82) is 0 Å². The maximum Gasteiger partial charge on any atom is 0.193 e. The van der Waals surface area contributed by atoms with E-state index < -0.39 is 0 Å². The van der Waals surface area contributed by atoms with Crippen molar-refractivity contribution in [2.75, 3.05) is 70.9 Å². The Kier molecular flexibility index (Phi) is 7.45. The summed E-state index contributed by atoms with van der Waals surface area (Å²) >= 11 is 2.13. The first kappa shape index (κ1) is 20.8. The van der Waals surface area contributed by atoms with Crippen molar-refractivity contribution in [1.82, 2.24) is 20.0 Å². The molecule has 4 rings (SSSR count). The van der Waals surface area contributed by atoms with Crippen LogP contribution in [0.5, 0.6) is 0 Å². The third-order valence-corrected chi connectivity index (χ3v) is 8.50. The van der Waals surface area contributed by atoms with Crippen LogP contribution in [-0.2, 0) is 0 Å². The number of thioether (sulfide) groups is 1. The number of nitrogens with one attached hydrogen (secondary N) is 1. The number of hydrogen-bond donors (Lipinski definition) is 1. The molecule has 3 saturated heterocycles. The number of guanidine groups is 1. The molecule has 1 N–H and O–H groups in total. The topological polar surface area (TPSA) is 34.1 Å². The van der Waals surface area contributed by atoms with E-state index in [1.165, 1.54) is 109 Å². The summed E-state index contributed by atoms with van der Waals surface area (Å²) in [5.41, 5.74) is 0.365. The molecule has 3 heterocycles. The second kappa shape index (κ2) is 10.0. The Morgan fingerprint density at radius 1 is 1.00 bits per heavy atom. The van der Waals surface area contributed by atoms with E-state index in [9.17, 15) is 0 Å². The first-order valence-electron chi connectivity index (χ1n) is 11.8. The van der Waals surface area contributed by atoms with Gasteiger partial charge in [0.2, 0.25) is 0 Å². The molecule has 4 aliphatic rings. The molecule has 0 bridgehead atoms. The Bertz CT molecular complexity index is 507. The number of nitrogens with zero attached hydrogens (tertiary/aromatic N) is 4. The van der Waals surface area contributed by atoms with Crippen molar-refractivity contribution < 1.29 is 0 Å². The van der Waals surface area contributed by atoms with Crippen LogP contribution >= 0.6 is 11.8 Å². The van der Waals surface area contributed by atoms with Crippen molar-refractivity contribution >= 4 is 17.7 Å². The molecular formula is C22H41N5S. The summed E-state index contributed by atoms with van der Waals surface area (Å²) in [5, 5.41) is 3.85. The number of likely N-dealkylation sites (tertiary alicyclic amines) is 2. The molecule has 0 aromatic heterocycles. The first-order chi connectivity index (χ1) is 13.8. The highest BCUT2D eigenvalue weighted by molar-refractivity contribution is 7.99. The second-order valence-corrected chi connectivity index (χ2v) is 10.6. The molecule has 4 fully saturated rings. The van der Waals surface area contributed by atoms with Crippen LogP contribution in [0.1, 0.15) is 51.4 Å². The van der Waals surface area contributed by atoms with Crippen LogP contribution in [0.2, 0.25) is 0 Å². The molecule has 0 aromatic carbocycles. The van der Waals surface area contributed by atoms with Crippen LogP contribution in [0.15, 0.2) is 4.99 Å². The van der Waals surface area contributed by atoms with E-state index in [0.29, 0.717) is 5.54 Å². The molecule has 1 saturated carbocycles. The van der Waals surface area contributed by atoms with Gasteiger partial charge in [-0.3, -0.25) is 9.89 Å². The van der Waals surface area contributed by atoms with E-state index in [4.69, 9.17) is 4.99 Å². The fourth-order valence-corrected chi connectivity index (χ4v) is 6.84. The fourth-order valence-electron chi connectivity index (χ4n) is 5.93. The average molecular weight is 408 g/mol. The van der Waals surface area contributed by atoms with Gasteiger partial charge in [-0.1, -0.05) is 19.3 Å². The summed E-state index contributed by atoms with van der Waals surface area (Å²) in [7, 11) is 1.97. The molecule has 6 heteroatoms. The van der Waals surface area contributed by atoms with Crippen LogP contribution in [-0.4, -0.2) is 97.1 Å². The SMILES string of the molecule is CN=C(NCC1(N2CCSCC2)CCCCC1)N1CCC(CN2CCCC2)C1. The van der Waals surface area contributed by atoms with Gasteiger partial charge in [0.05, 0.1) is 0 Å². The number of hydrogen-bond acceptors (Lipinski definition) is 4. The standard InChI is InChI=1S/C22H41N5S/c1-23-21(26-12-7-20(18-26)17-25-10-5-6-11-25)24-19-22(8-3-2-4-9-22)27-13-15-28-16-14-27/h20H,2-19H2,1H3,(H,23,24). The van der Waals surface area contributed by atoms with Crippen molar-refractivity contribution in [2.45, 2.75) is 56.9 Å². The van der Waals surface area contributed by atoms with Crippen molar-refractivity contribution in [3.63, 3.8) is 0 Å². The van der Waals surface area contributed by atoms with E-state index in [1.54, 1.807) is 0 Å². The van der Waals surface area contributed by atoms with Crippen LogP contribution in [0.25, 0.3) is 0 Å². The van der Waals surface area contributed by atoms with Gasteiger partial charge >= 0.3 is 0 Å².